The Balaban J connectivity index is 0.000000320. The molecule has 0 radical (unpaired) electrons. The van der Waals surface area contributed by atoms with E-state index in [0.29, 0.717) is 12.0 Å². The summed E-state index contributed by atoms with van der Waals surface area (Å²) >= 11 is 0. The Morgan fingerprint density at radius 3 is 2.36 bits per heavy atom. The van der Waals surface area contributed by atoms with E-state index >= 15 is 0 Å². The number of amides is 1. The van der Waals surface area contributed by atoms with E-state index in [1.54, 1.807) is 41.3 Å². The first-order valence-corrected chi connectivity index (χ1v) is 13.9. The zero-order valence-electron chi connectivity index (χ0n) is 21.6. The maximum Gasteiger partial charge on any atom is 0.409 e. The smallest absolute Gasteiger partial charge is 0.409 e. The van der Waals surface area contributed by atoms with Gasteiger partial charge in [0, 0.05) is 37.1 Å². The van der Waals surface area contributed by atoms with Gasteiger partial charge in [-0.3, -0.25) is 10.2 Å². The van der Waals surface area contributed by atoms with Gasteiger partial charge in [0.05, 0.1) is 16.4 Å². The molecule has 1 fully saturated rings. The third kappa shape index (κ3) is 7.11. The fraction of sp³-hybridized carbons (Fsp3) is 0.296. The molecule has 3 aromatic carbocycles. The fourth-order valence-corrected chi connectivity index (χ4v) is 6.12. The Morgan fingerprint density at radius 2 is 1.72 bits per heavy atom. The molecule has 1 aliphatic heterocycles. The van der Waals surface area contributed by atoms with Gasteiger partial charge in [0.15, 0.2) is 0 Å². The second-order valence-corrected chi connectivity index (χ2v) is 10.6. The summed E-state index contributed by atoms with van der Waals surface area (Å²) in [7, 11) is -4.11. The number of sulfone groups is 1. The lowest BCUT2D eigenvalue weighted by molar-refractivity contribution is -0.138. The van der Waals surface area contributed by atoms with Crippen LogP contribution < -0.4 is 16.8 Å². The summed E-state index contributed by atoms with van der Waals surface area (Å²) in [5.41, 5.74) is 11.5. The normalized spacial score (nSPS) is 14.2. The van der Waals surface area contributed by atoms with Crippen LogP contribution in [0.3, 0.4) is 0 Å². The van der Waals surface area contributed by atoms with Crippen LogP contribution in [0.4, 0.5) is 4.79 Å². The van der Waals surface area contributed by atoms with Gasteiger partial charge in [0.2, 0.25) is 9.84 Å². The molecule has 39 heavy (non-hydrogen) atoms. The van der Waals surface area contributed by atoms with Gasteiger partial charge < -0.3 is 31.5 Å². The van der Waals surface area contributed by atoms with E-state index in [-0.39, 0.29) is 33.4 Å². The summed E-state index contributed by atoms with van der Waals surface area (Å²) < 4.78 is 32.1. The molecule has 3 aromatic rings. The minimum atomic E-state index is -4.11. The molecular formula is C27H33N5O6S. The maximum absolute atomic E-state index is 13.6. The number of aliphatic carboxylic acids is 1. The van der Waals surface area contributed by atoms with Gasteiger partial charge in [-0.1, -0.05) is 48.5 Å². The standard InChI is InChI=1S/C20H19N3O4S.C7H14N2O2/c21-16(20(24)25)11-13-7-3-9-15(19(22)23)18(13)28(26,27)17-10-4-6-12-5-1-2-8-14(12)17;1-2-11-7(10)9-5-3-8-4-6-9/h1-10,16H,11,21H2,(H3,22,23)(H,24,25);8H,2-6H2,1H3. The SMILES string of the molecule is CCOC(=O)N1CCNCC1.N=C(N)c1cccc(CC(N)C(=O)O)c1S(=O)(=O)c1cccc2ccccc12. The average molecular weight is 556 g/mol. The Kier molecular flexibility index (Phi) is 9.99. The van der Waals surface area contributed by atoms with E-state index in [1.165, 1.54) is 24.3 Å². The highest BCUT2D eigenvalue weighted by Crippen LogP contribution is 2.32. The highest BCUT2D eigenvalue weighted by Gasteiger charge is 2.29. The lowest BCUT2D eigenvalue weighted by Gasteiger charge is -2.26. The largest absolute Gasteiger partial charge is 0.480 e. The molecule has 0 spiro atoms. The molecule has 1 amide bonds. The van der Waals surface area contributed by atoms with Crippen LogP contribution in [0.1, 0.15) is 18.1 Å². The van der Waals surface area contributed by atoms with Crippen LogP contribution in [0, 0.1) is 5.41 Å². The van der Waals surface area contributed by atoms with Crippen molar-refractivity contribution < 1.29 is 27.9 Å². The number of carboxylic acids is 1. The van der Waals surface area contributed by atoms with Crippen molar-refractivity contribution in [1.82, 2.24) is 10.2 Å². The zero-order valence-corrected chi connectivity index (χ0v) is 22.4. The predicted molar refractivity (Wildman–Crippen MR) is 148 cm³/mol. The van der Waals surface area contributed by atoms with Crippen molar-refractivity contribution in [3.05, 3.63) is 71.8 Å². The van der Waals surface area contributed by atoms with Gasteiger partial charge in [-0.15, -0.1) is 0 Å². The van der Waals surface area contributed by atoms with E-state index in [0.717, 1.165) is 31.6 Å². The zero-order chi connectivity index (χ0) is 28.6. The van der Waals surface area contributed by atoms with E-state index in [9.17, 15) is 18.0 Å². The molecule has 1 unspecified atom stereocenters. The number of nitrogens with two attached hydrogens (primary N) is 2. The number of nitrogen functional groups attached to an aromatic ring is 1. The highest BCUT2D eigenvalue weighted by molar-refractivity contribution is 7.91. The average Bonchev–Trinajstić information content (AvgIpc) is 2.93. The number of ether oxygens (including phenoxy) is 1. The number of carbonyl (C=O) groups is 2. The first-order chi connectivity index (χ1) is 18.6. The van der Waals surface area contributed by atoms with Crippen molar-refractivity contribution in [3.63, 3.8) is 0 Å². The lowest BCUT2D eigenvalue weighted by atomic mass is 10.0. The second-order valence-electron chi connectivity index (χ2n) is 8.77. The molecular weight excluding hydrogens is 522 g/mol. The molecule has 1 aliphatic rings. The Hall–Kier alpha value is -4.00. The molecule has 1 atom stereocenters. The number of nitrogens with one attached hydrogen (secondary N) is 2. The third-order valence-electron chi connectivity index (χ3n) is 6.09. The van der Waals surface area contributed by atoms with Gasteiger partial charge in [-0.05, 0) is 36.4 Å². The van der Waals surface area contributed by atoms with Crippen molar-refractivity contribution in [3.8, 4) is 0 Å². The first-order valence-electron chi connectivity index (χ1n) is 12.4. The summed E-state index contributed by atoms with van der Waals surface area (Å²) in [4.78, 5) is 23.9. The number of piperazine rings is 1. The molecule has 0 bridgehead atoms. The lowest BCUT2D eigenvalue weighted by Crippen LogP contribution is -2.46. The van der Waals surface area contributed by atoms with Crippen LogP contribution >= 0.6 is 0 Å². The monoisotopic (exact) mass is 555 g/mol. The molecule has 0 aromatic heterocycles. The summed E-state index contributed by atoms with van der Waals surface area (Å²) in [5, 5.41) is 21.4. The second kappa shape index (κ2) is 13.2. The van der Waals surface area contributed by atoms with Gasteiger partial charge in [-0.2, -0.15) is 0 Å². The van der Waals surface area contributed by atoms with Crippen LogP contribution in [-0.2, 0) is 25.8 Å². The summed E-state index contributed by atoms with van der Waals surface area (Å²) in [6.07, 6.45) is -0.399. The van der Waals surface area contributed by atoms with Gasteiger partial charge in [-0.25, -0.2) is 13.2 Å². The van der Waals surface area contributed by atoms with Crippen LogP contribution in [-0.4, -0.2) is 75.2 Å². The number of amidine groups is 1. The molecule has 0 aliphatic carbocycles. The van der Waals surface area contributed by atoms with Crippen LogP contribution in [0.2, 0.25) is 0 Å². The van der Waals surface area contributed by atoms with Crippen molar-refractivity contribution in [1.29, 1.82) is 5.41 Å². The molecule has 12 heteroatoms. The quantitative estimate of drug-likeness (QED) is 0.214. The summed E-state index contributed by atoms with van der Waals surface area (Å²) in [6, 6.07) is 15.1. The van der Waals surface area contributed by atoms with Crippen LogP contribution in [0.5, 0.6) is 0 Å². The van der Waals surface area contributed by atoms with Crippen molar-refractivity contribution >= 4 is 38.5 Å². The number of carbonyl (C=O) groups excluding carboxylic acids is 1. The molecule has 7 N–H and O–H groups in total. The minimum Gasteiger partial charge on any atom is -0.480 e. The van der Waals surface area contributed by atoms with Crippen molar-refractivity contribution in [2.45, 2.75) is 29.2 Å². The summed E-state index contributed by atoms with van der Waals surface area (Å²) in [5.74, 6) is -1.67. The molecule has 1 heterocycles. The fourth-order valence-electron chi connectivity index (χ4n) is 4.20. The van der Waals surface area contributed by atoms with Gasteiger partial charge >= 0.3 is 12.1 Å². The molecule has 11 nitrogen and oxygen atoms in total. The van der Waals surface area contributed by atoms with Crippen molar-refractivity contribution in [2.75, 3.05) is 32.8 Å². The van der Waals surface area contributed by atoms with Crippen LogP contribution in [0.15, 0.2) is 70.5 Å². The molecule has 1 saturated heterocycles. The highest BCUT2D eigenvalue weighted by atomic mass is 32.2. The van der Waals surface area contributed by atoms with E-state index < -0.39 is 27.7 Å². The number of carboxylic acid groups (broad SMARTS) is 1. The van der Waals surface area contributed by atoms with Gasteiger partial charge in [0.1, 0.15) is 11.9 Å². The number of fused-ring (bicyclic) bond motifs is 1. The van der Waals surface area contributed by atoms with Crippen molar-refractivity contribution in [2.24, 2.45) is 11.5 Å². The van der Waals surface area contributed by atoms with Crippen LogP contribution in [0.25, 0.3) is 10.8 Å². The minimum absolute atomic E-state index is 0.0167. The Labute approximate surface area is 227 Å². The van der Waals surface area contributed by atoms with E-state index in [2.05, 4.69) is 5.32 Å². The Morgan fingerprint density at radius 1 is 1.08 bits per heavy atom. The number of rotatable bonds is 7. The molecule has 4 rings (SSSR count). The molecule has 0 saturated carbocycles. The van der Waals surface area contributed by atoms with E-state index in [4.69, 9.17) is 26.7 Å². The predicted octanol–water partition coefficient (Wildman–Crippen LogP) is 1.96. The Bertz CT molecular complexity index is 1450. The third-order valence-corrected chi connectivity index (χ3v) is 8.05. The number of nitrogens with zero attached hydrogens (tertiary/aromatic N) is 1. The number of hydrogen-bond donors (Lipinski definition) is 5. The molecule has 208 valence electrons. The topological polar surface area (TPSA) is 189 Å². The number of hydrogen-bond acceptors (Lipinski definition) is 8. The first kappa shape index (κ1) is 29.6. The van der Waals surface area contributed by atoms with E-state index in [1.807, 2.05) is 6.92 Å². The van der Waals surface area contributed by atoms with Gasteiger partial charge in [0.25, 0.3) is 0 Å². The number of benzene rings is 3. The summed E-state index contributed by atoms with van der Waals surface area (Å²) in [6.45, 7) is 5.55. The maximum atomic E-state index is 13.6.